The highest BCUT2D eigenvalue weighted by molar-refractivity contribution is 8.00. The van der Waals surface area contributed by atoms with E-state index in [2.05, 4.69) is 10.1 Å². The molecule has 2 rings (SSSR count). The second-order valence-corrected chi connectivity index (χ2v) is 5.96. The van der Waals surface area contributed by atoms with Crippen LogP contribution in [-0.2, 0) is 4.79 Å². The number of nitrogens with one attached hydrogen (secondary N) is 1. The predicted octanol–water partition coefficient (Wildman–Crippen LogP) is 4.36. The van der Waals surface area contributed by atoms with E-state index in [4.69, 9.17) is 0 Å². The van der Waals surface area contributed by atoms with Gasteiger partial charge in [-0.05, 0) is 43.3 Å². The van der Waals surface area contributed by atoms with Crippen molar-refractivity contribution in [3.8, 4) is 5.75 Å². The lowest BCUT2D eigenvalue weighted by Gasteiger charge is -2.08. The molecule has 25 heavy (non-hydrogen) atoms. The Hall–Kier alpha value is -2.48. The fourth-order valence-electron chi connectivity index (χ4n) is 1.90. The van der Waals surface area contributed by atoms with Gasteiger partial charge in [0.05, 0.1) is 5.75 Å². The van der Waals surface area contributed by atoms with Gasteiger partial charge in [0.15, 0.2) is 5.78 Å². The number of thioether (sulfide) groups is 1. The highest BCUT2D eigenvalue weighted by atomic mass is 32.2. The average molecular weight is 369 g/mol. The van der Waals surface area contributed by atoms with Gasteiger partial charge in [0.1, 0.15) is 11.6 Å². The molecule has 0 heterocycles. The first kappa shape index (κ1) is 18.9. The first-order valence-electron chi connectivity index (χ1n) is 7.13. The lowest BCUT2D eigenvalue weighted by atomic mass is 10.1. The molecule has 0 aliphatic heterocycles. The second-order valence-electron chi connectivity index (χ2n) is 4.94. The molecule has 0 saturated carbocycles. The molecular formula is C17H14F3NO3S. The number of hydrogen-bond donors (Lipinski definition) is 1. The van der Waals surface area contributed by atoms with Crippen molar-refractivity contribution in [2.24, 2.45) is 0 Å². The second kappa shape index (κ2) is 8.57. The van der Waals surface area contributed by atoms with E-state index in [9.17, 15) is 22.8 Å². The highest BCUT2D eigenvalue weighted by Crippen LogP contribution is 2.23. The number of anilines is 1. The molecule has 0 unspecified atom stereocenters. The third kappa shape index (κ3) is 5.82. The number of amides is 1. The number of halogens is 3. The maximum atomic E-state index is 13.9. The van der Waals surface area contributed by atoms with E-state index in [1.807, 2.05) is 0 Å². The van der Waals surface area contributed by atoms with Crippen LogP contribution in [-0.4, -0.2) is 24.1 Å². The smallest absolute Gasteiger partial charge is 0.387 e. The Bertz CT molecular complexity index is 766. The van der Waals surface area contributed by atoms with Crippen molar-refractivity contribution < 1.29 is 27.5 Å². The maximum absolute atomic E-state index is 13.9. The van der Waals surface area contributed by atoms with E-state index in [1.54, 1.807) is 0 Å². The fraction of sp³-hybridized carbons (Fsp3) is 0.176. The van der Waals surface area contributed by atoms with E-state index in [0.717, 1.165) is 17.8 Å². The molecule has 0 radical (unpaired) electrons. The van der Waals surface area contributed by atoms with E-state index >= 15 is 0 Å². The summed E-state index contributed by atoms with van der Waals surface area (Å²) in [6.45, 7) is -1.58. The zero-order valence-corrected chi connectivity index (χ0v) is 13.9. The Labute approximate surface area is 146 Å². The summed E-state index contributed by atoms with van der Waals surface area (Å²) in [6, 6.07) is 9.51. The van der Waals surface area contributed by atoms with Crippen molar-refractivity contribution in [1.29, 1.82) is 0 Å². The van der Waals surface area contributed by atoms with E-state index in [-0.39, 0.29) is 33.7 Å². The summed E-state index contributed by atoms with van der Waals surface area (Å²) in [4.78, 5) is 23.3. The number of carbonyl (C=O) groups is 2. The number of carbonyl (C=O) groups excluding carboxylic acids is 2. The van der Waals surface area contributed by atoms with Crippen LogP contribution in [0.25, 0.3) is 0 Å². The molecule has 4 nitrogen and oxygen atoms in total. The molecular weight excluding hydrogens is 355 g/mol. The van der Waals surface area contributed by atoms with Crippen molar-refractivity contribution in [3.05, 3.63) is 53.8 Å². The third-order valence-corrected chi connectivity index (χ3v) is 4.11. The molecule has 0 spiro atoms. The van der Waals surface area contributed by atoms with Crippen LogP contribution in [0, 0.1) is 5.82 Å². The number of benzene rings is 2. The van der Waals surface area contributed by atoms with Crippen LogP contribution in [0.2, 0.25) is 0 Å². The van der Waals surface area contributed by atoms with Gasteiger partial charge in [0, 0.05) is 16.1 Å². The number of Topliss-reactive ketones (excluding diaryl/α,β-unsaturated/α-hetero) is 1. The van der Waals surface area contributed by atoms with E-state index < -0.39 is 12.4 Å². The number of alkyl halides is 2. The minimum atomic E-state index is -2.92. The average Bonchev–Trinajstić information content (AvgIpc) is 2.55. The summed E-state index contributed by atoms with van der Waals surface area (Å²) < 4.78 is 42.2. The minimum absolute atomic E-state index is 0.0185. The van der Waals surface area contributed by atoms with Gasteiger partial charge in [-0.25, -0.2) is 4.39 Å². The summed E-state index contributed by atoms with van der Waals surface area (Å²) in [5.41, 5.74) is 0.664. The summed E-state index contributed by atoms with van der Waals surface area (Å²) in [5, 5.41) is 2.56. The first-order chi connectivity index (χ1) is 11.8. The van der Waals surface area contributed by atoms with Gasteiger partial charge >= 0.3 is 6.61 Å². The summed E-state index contributed by atoms with van der Waals surface area (Å²) in [6.07, 6.45) is 0. The van der Waals surface area contributed by atoms with Crippen molar-refractivity contribution in [3.63, 3.8) is 0 Å². The fourth-order valence-corrected chi connectivity index (χ4v) is 2.62. The molecule has 0 fully saturated rings. The van der Waals surface area contributed by atoms with E-state index in [1.165, 1.54) is 43.3 Å². The van der Waals surface area contributed by atoms with Crippen LogP contribution in [0.3, 0.4) is 0 Å². The first-order valence-corrected chi connectivity index (χ1v) is 8.11. The molecule has 2 aromatic rings. The molecule has 0 saturated heterocycles. The largest absolute Gasteiger partial charge is 0.435 e. The summed E-state index contributed by atoms with van der Waals surface area (Å²) in [5.74, 6) is -1.27. The molecule has 132 valence electrons. The van der Waals surface area contributed by atoms with Gasteiger partial charge in [0.25, 0.3) is 0 Å². The standard InChI is InChI=1S/C17H14F3NO3S/c1-10(22)11-2-7-15(14(18)8-11)25-9-16(23)21-12-3-5-13(6-4-12)24-17(19)20/h2-8,17H,9H2,1H3,(H,21,23). The lowest BCUT2D eigenvalue weighted by molar-refractivity contribution is -0.113. The van der Waals surface area contributed by atoms with Crippen LogP contribution in [0.1, 0.15) is 17.3 Å². The molecule has 0 atom stereocenters. The van der Waals surface area contributed by atoms with Gasteiger partial charge in [0.2, 0.25) is 5.91 Å². The molecule has 0 bridgehead atoms. The van der Waals surface area contributed by atoms with Gasteiger partial charge in [-0.3, -0.25) is 9.59 Å². The van der Waals surface area contributed by atoms with Crippen LogP contribution in [0.5, 0.6) is 5.75 Å². The third-order valence-electron chi connectivity index (χ3n) is 3.06. The van der Waals surface area contributed by atoms with Crippen molar-refractivity contribution in [2.75, 3.05) is 11.1 Å². The maximum Gasteiger partial charge on any atom is 0.387 e. The molecule has 2 aromatic carbocycles. The monoisotopic (exact) mass is 369 g/mol. The molecule has 0 aromatic heterocycles. The van der Waals surface area contributed by atoms with Crippen LogP contribution < -0.4 is 10.1 Å². The quantitative estimate of drug-likeness (QED) is 0.582. The molecule has 8 heteroatoms. The number of rotatable bonds is 7. The highest BCUT2D eigenvalue weighted by Gasteiger charge is 2.10. The SMILES string of the molecule is CC(=O)c1ccc(SCC(=O)Nc2ccc(OC(F)F)cc2)c(F)c1. The van der Waals surface area contributed by atoms with Gasteiger partial charge in [-0.15, -0.1) is 11.8 Å². The van der Waals surface area contributed by atoms with Gasteiger partial charge < -0.3 is 10.1 Å². The van der Waals surface area contributed by atoms with Crippen LogP contribution >= 0.6 is 11.8 Å². The van der Waals surface area contributed by atoms with Crippen LogP contribution in [0.15, 0.2) is 47.4 Å². The normalized spacial score (nSPS) is 10.6. The lowest BCUT2D eigenvalue weighted by Crippen LogP contribution is -2.14. The molecule has 1 N–H and O–H groups in total. The Balaban J connectivity index is 1.89. The minimum Gasteiger partial charge on any atom is -0.435 e. The van der Waals surface area contributed by atoms with Gasteiger partial charge in [-0.2, -0.15) is 8.78 Å². The zero-order valence-electron chi connectivity index (χ0n) is 13.1. The molecule has 0 aliphatic carbocycles. The number of ketones is 1. The van der Waals surface area contributed by atoms with Crippen molar-refractivity contribution in [2.45, 2.75) is 18.4 Å². The Kier molecular flexibility index (Phi) is 6.46. The van der Waals surface area contributed by atoms with Crippen LogP contribution in [0.4, 0.5) is 18.9 Å². The van der Waals surface area contributed by atoms with Crippen molar-refractivity contribution >= 4 is 29.1 Å². The predicted molar refractivity (Wildman–Crippen MR) is 88.8 cm³/mol. The van der Waals surface area contributed by atoms with Gasteiger partial charge in [-0.1, -0.05) is 6.07 Å². The molecule has 1 amide bonds. The number of hydrogen-bond acceptors (Lipinski definition) is 4. The molecule has 0 aliphatic rings. The summed E-state index contributed by atoms with van der Waals surface area (Å²) in [7, 11) is 0. The summed E-state index contributed by atoms with van der Waals surface area (Å²) >= 11 is 0.984. The van der Waals surface area contributed by atoms with E-state index in [0.29, 0.717) is 5.69 Å². The number of ether oxygens (including phenoxy) is 1. The Morgan fingerprint density at radius 2 is 1.84 bits per heavy atom. The zero-order chi connectivity index (χ0) is 18.4. The van der Waals surface area contributed by atoms with Crippen molar-refractivity contribution in [1.82, 2.24) is 0 Å². The Morgan fingerprint density at radius 3 is 2.40 bits per heavy atom. The topological polar surface area (TPSA) is 55.4 Å². The Morgan fingerprint density at radius 1 is 1.16 bits per heavy atom.